The number of allylic oxidation sites excluding steroid dienone is 2. The maximum atomic E-state index is 12.8. The molecule has 0 radical (unpaired) electrons. The molecule has 0 atom stereocenters. The highest BCUT2D eigenvalue weighted by atomic mass is 16.5. The third-order valence-electron chi connectivity index (χ3n) is 3.87. The monoisotopic (exact) mass is 364 g/mol. The summed E-state index contributed by atoms with van der Waals surface area (Å²) in [5, 5.41) is 2.73. The van der Waals surface area contributed by atoms with Crippen molar-refractivity contribution in [2.24, 2.45) is 0 Å². The van der Waals surface area contributed by atoms with Gasteiger partial charge in [-0.05, 0) is 5.56 Å². The van der Waals surface area contributed by atoms with Gasteiger partial charge >= 0.3 is 0 Å². The van der Waals surface area contributed by atoms with Gasteiger partial charge in [-0.3, -0.25) is 9.59 Å². The number of rotatable bonds is 10. The number of benzene rings is 1. The van der Waals surface area contributed by atoms with Crippen molar-refractivity contribution < 1.29 is 9.53 Å². The summed E-state index contributed by atoms with van der Waals surface area (Å²) in [6.07, 6.45) is 5.38. The Morgan fingerprint density at radius 1 is 1.11 bits per heavy atom. The van der Waals surface area contributed by atoms with Crippen molar-refractivity contribution >= 4 is 5.91 Å². The summed E-state index contributed by atoms with van der Waals surface area (Å²) in [7, 11) is 0. The van der Waals surface area contributed by atoms with Gasteiger partial charge in [0.05, 0.1) is 0 Å². The van der Waals surface area contributed by atoms with Gasteiger partial charge in [0, 0.05) is 31.3 Å². The minimum atomic E-state index is -0.400. The van der Waals surface area contributed by atoms with Crippen LogP contribution in [0.2, 0.25) is 0 Å². The van der Waals surface area contributed by atoms with Crippen molar-refractivity contribution in [3.63, 3.8) is 0 Å². The summed E-state index contributed by atoms with van der Waals surface area (Å²) in [5.41, 5.74) is 1.41. The van der Waals surface area contributed by atoms with E-state index >= 15 is 0 Å². The predicted molar refractivity (Wildman–Crippen MR) is 108 cm³/mol. The first-order chi connectivity index (χ1) is 13.1. The van der Waals surface area contributed by atoms with Crippen LogP contribution in [0.25, 0.3) is 0 Å². The van der Waals surface area contributed by atoms with Gasteiger partial charge < -0.3 is 14.6 Å². The largest absolute Gasteiger partial charge is 0.483 e. The molecule has 27 heavy (non-hydrogen) atoms. The molecule has 0 aliphatic rings. The van der Waals surface area contributed by atoms with E-state index in [0.29, 0.717) is 18.7 Å². The molecule has 0 saturated heterocycles. The number of nitrogens with zero attached hydrogens (tertiary/aromatic N) is 1. The molecule has 0 aliphatic heterocycles. The first kappa shape index (κ1) is 20.0. The molecule has 0 aliphatic carbocycles. The molecule has 1 heterocycles. The number of amides is 1. The number of hydrogen-bond acceptors (Lipinski definition) is 3. The quantitative estimate of drug-likeness (QED) is 0.658. The summed E-state index contributed by atoms with van der Waals surface area (Å²) in [4.78, 5) is 25.5. The number of nitrogens with one attached hydrogen (secondary N) is 1. The first-order valence-corrected chi connectivity index (χ1v) is 8.66. The zero-order valence-electron chi connectivity index (χ0n) is 15.3. The molecule has 0 spiro atoms. The summed E-state index contributed by atoms with van der Waals surface area (Å²) < 4.78 is 7.53. The zero-order valence-corrected chi connectivity index (χ0v) is 15.3. The minimum Gasteiger partial charge on any atom is -0.483 e. The molecule has 5 nitrogen and oxygen atoms in total. The number of carbonyl (C=O) groups is 1. The highest BCUT2D eigenvalue weighted by molar-refractivity contribution is 5.95. The van der Waals surface area contributed by atoms with Crippen LogP contribution in [0.15, 0.2) is 79.2 Å². The summed E-state index contributed by atoms with van der Waals surface area (Å²) >= 11 is 0. The second kappa shape index (κ2) is 9.97. The van der Waals surface area contributed by atoms with Gasteiger partial charge in [-0.1, -0.05) is 48.6 Å². The van der Waals surface area contributed by atoms with Crippen molar-refractivity contribution in [1.29, 1.82) is 0 Å². The lowest BCUT2D eigenvalue weighted by molar-refractivity contribution is 0.0942. The molecule has 2 aromatic rings. The van der Waals surface area contributed by atoms with E-state index in [2.05, 4.69) is 25.1 Å². The fraction of sp³-hybridized carbons (Fsp3) is 0.182. The van der Waals surface area contributed by atoms with Gasteiger partial charge in [0.1, 0.15) is 6.61 Å². The maximum Gasteiger partial charge on any atom is 0.272 e. The van der Waals surface area contributed by atoms with E-state index in [1.807, 2.05) is 30.3 Å². The number of ether oxygens (including phenoxy) is 1. The zero-order chi connectivity index (χ0) is 19.6. The molecule has 5 heteroatoms. The van der Waals surface area contributed by atoms with Crippen LogP contribution in [-0.4, -0.2) is 17.0 Å². The van der Waals surface area contributed by atoms with Gasteiger partial charge in [0.25, 0.3) is 5.91 Å². The molecule has 0 fully saturated rings. The van der Waals surface area contributed by atoms with Crippen LogP contribution >= 0.6 is 0 Å². The Morgan fingerprint density at radius 3 is 2.48 bits per heavy atom. The van der Waals surface area contributed by atoms with Crippen LogP contribution in [0.1, 0.15) is 21.7 Å². The summed E-state index contributed by atoms with van der Waals surface area (Å²) in [5.74, 6) is -0.377. The van der Waals surface area contributed by atoms with Gasteiger partial charge in [-0.15, -0.1) is 19.7 Å². The molecule has 0 saturated carbocycles. The topological polar surface area (TPSA) is 60.3 Å². The van der Waals surface area contributed by atoms with Crippen LogP contribution in [0.4, 0.5) is 0 Å². The number of carbonyl (C=O) groups excluding carboxylic acids is 1. The minimum absolute atomic E-state index is 0.0232. The Bertz CT molecular complexity index is 882. The number of aromatic nitrogens is 1. The summed E-state index contributed by atoms with van der Waals surface area (Å²) in [6, 6.07) is 10.9. The molecular weight excluding hydrogens is 340 g/mol. The Labute approximate surface area is 159 Å². The average molecular weight is 364 g/mol. The second-order valence-corrected chi connectivity index (χ2v) is 5.84. The van der Waals surface area contributed by atoms with E-state index in [0.717, 1.165) is 5.56 Å². The SMILES string of the molecule is C=CCNC(=O)c1c(OCc2ccccc2)c(=O)cc(CC=C)n1CC=C. The Kier molecular flexibility index (Phi) is 7.37. The molecule has 140 valence electrons. The van der Waals surface area contributed by atoms with Crippen LogP contribution in [-0.2, 0) is 19.6 Å². The van der Waals surface area contributed by atoms with Crippen molar-refractivity contribution in [2.45, 2.75) is 19.6 Å². The van der Waals surface area contributed by atoms with Crippen LogP contribution in [0, 0.1) is 0 Å². The fourth-order valence-electron chi connectivity index (χ4n) is 2.68. The van der Waals surface area contributed by atoms with Crippen molar-refractivity contribution in [1.82, 2.24) is 9.88 Å². The van der Waals surface area contributed by atoms with Crippen molar-refractivity contribution in [2.75, 3.05) is 6.54 Å². The lowest BCUT2D eigenvalue weighted by Gasteiger charge is -2.19. The van der Waals surface area contributed by atoms with E-state index in [-0.39, 0.29) is 30.0 Å². The highest BCUT2D eigenvalue weighted by Gasteiger charge is 2.22. The first-order valence-electron chi connectivity index (χ1n) is 8.66. The van der Waals surface area contributed by atoms with E-state index < -0.39 is 5.91 Å². The Morgan fingerprint density at radius 2 is 1.85 bits per heavy atom. The Hall–Kier alpha value is -3.34. The van der Waals surface area contributed by atoms with Crippen molar-refractivity contribution in [3.05, 3.63) is 102 Å². The van der Waals surface area contributed by atoms with E-state index in [1.54, 1.807) is 22.8 Å². The van der Waals surface area contributed by atoms with E-state index in [4.69, 9.17) is 4.74 Å². The summed E-state index contributed by atoms with van der Waals surface area (Å²) in [6.45, 7) is 11.9. The van der Waals surface area contributed by atoms with Gasteiger partial charge in [-0.25, -0.2) is 0 Å². The van der Waals surface area contributed by atoms with Gasteiger partial charge in [-0.2, -0.15) is 0 Å². The van der Waals surface area contributed by atoms with Gasteiger partial charge in [0.15, 0.2) is 11.4 Å². The van der Waals surface area contributed by atoms with Crippen LogP contribution in [0.3, 0.4) is 0 Å². The molecule has 1 aromatic heterocycles. The predicted octanol–water partition coefficient (Wildman–Crippen LogP) is 3.26. The lowest BCUT2D eigenvalue weighted by Crippen LogP contribution is -2.31. The molecule has 2 rings (SSSR count). The molecule has 0 unspecified atom stereocenters. The van der Waals surface area contributed by atoms with Crippen LogP contribution in [0.5, 0.6) is 5.75 Å². The molecule has 0 bridgehead atoms. The second-order valence-electron chi connectivity index (χ2n) is 5.84. The number of pyridine rings is 1. The standard InChI is InChI=1S/C22H24N2O3/c1-4-10-18-15-19(25)21(27-16-17-11-8-7-9-12-17)20(24(18)14-6-3)22(26)23-13-5-2/h4-9,11-12,15H,1-3,10,13-14,16H2,(H,23,26). The third kappa shape index (κ3) is 5.07. The molecule has 1 amide bonds. The van der Waals surface area contributed by atoms with Gasteiger partial charge in [0.2, 0.25) is 5.43 Å². The normalized spacial score (nSPS) is 10.1. The van der Waals surface area contributed by atoms with E-state index in [1.165, 1.54) is 6.07 Å². The lowest BCUT2D eigenvalue weighted by atomic mass is 10.1. The maximum absolute atomic E-state index is 12.8. The molecule has 1 aromatic carbocycles. The smallest absolute Gasteiger partial charge is 0.272 e. The number of hydrogen-bond donors (Lipinski definition) is 1. The highest BCUT2D eigenvalue weighted by Crippen LogP contribution is 2.19. The Balaban J connectivity index is 2.54. The van der Waals surface area contributed by atoms with Crippen LogP contribution < -0.4 is 15.5 Å². The molecule has 1 N–H and O–H groups in total. The van der Waals surface area contributed by atoms with E-state index in [9.17, 15) is 9.59 Å². The van der Waals surface area contributed by atoms with Crippen molar-refractivity contribution in [3.8, 4) is 5.75 Å². The molecular formula is C22H24N2O3. The average Bonchev–Trinajstić information content (AvgIpc) is 2.68. The third-order valence-corrected chi connectivity index (χ3v) is 3.87. The fourth-order valence-corrected chi connectivity index (χ4v) is 2.68.